The Balaban J connectivity index is 2.06. The topological polar surface area (TPSA) is 58.2 Å². The largest absolute Gasteiger partial charge is 0.326 e. The van der Waals surface area contributed by atoms with Gasteiger partial charge in [-0.15, -0.1) is 0 Å². The highest BCUT2D eigenvalue weighted by Crippen LogP contribution is 2.21. The molecule has 0 saturated carbocycles. The van der Waals surface area contributed by atoms with Crippen molar-refractivity contribution in [3.05, 3.63) is 58.6 Å². The first-order valence-corrected chi connectivity index (χ1v) is 8.19. The quantitative estimate of drug-likeness (QED) is 0.843. The molecule has 2 aromatic rings. The number of amides is 2. The van der Waals surface area contributed by atoms with Crippen molar-refractivity contribution in [3.63, 3.8) is 0 Å². The van der Waals surface area contributed by atoms with Crippen LogP contribution in [0.2, 0.25) is 5.02 Å². The SMILES string of the molecule is Cc1ccc(NC(=O)C(C)C)cc1NC(=O)Cc1ccc(Cl)cc1. The molecule has 0 aliphatic heterocycles. The van der Waals surface area contributed by atoms with Crippen LogP contribution in [0.3, 0.4) is 0 Å². The number of aryl methyl sites for hydroxylation is 1. The van der Waals surface area contributed by atoms with Gasteiger partial charge in [0.1, 0.15) is 0 Å². The van der Waals surface area contributed by atoms with E-state index >= 15 is 0 Å². The Morgan fingerprint density at radius 3 is 2.33 bits per heavy atom. The van der Waals surface area contributed by atoms with E-state index in [-0.39, 0.29) is 24.2 Å². The average molecular weight is 345 g/mol. The summed E-state index contributed by atoms with van der Waals surface area (Å²) < 4.78 is 0. The van der Waals surface area contributed by atoms with Crippen molar-refractivity contribution in [1.82, 2.24) is 0 Å². The monoisotopic (exact) mass is 344 g/mol. The second-order valence-electron chi connectivity index (χ2n) is 6.03. The first-order valence-electron chi connectivity index (χ1n) is 7.81. The maximum Gasteiger partial charge on any atom is 0.228 e. The lowest BCUT2D eigenvalue weighted by atomic mass is 10.1. The minimum absolute atomic E-state index is 0.0581. The molecule has 2 aromatic carbocycles. The Morgan fingerprint density at radius 1 is 1.04 bits per heavy atom. The molecule has 0 spiro atoms. The molecule has 5 heteroatoms. The maximum absolute atomic E-state index is 12.2. The van der Waals surface area contributed by atoms with Crippen LogP contribution in [0, 0.1) is 12.8 Å². The molecule has 0 aliphatic carbocycles. The number of carbonyl (C=O) groups is 2. The third-order valence-electron chi connectivity index (χ3n) is 3.58. The Kier molecular flexibility index (Phi) is 5.99. The van der Waals surface area contributed by atoms with Gasteiger partial charge in [-0.1, -0.05) is 43.6 Å². The lowest BCUT2D eigenvalue weighted by molar-refractivity contribution is -0.119. The van der Waals surface area contributed by atoms with Gasteiger partial charge < -0.3 is 10.6 Å². The minimum atomic E-state index is -0.118. The summed E-state index contributed by atoms with van der Waals surface area (Å²) in [7, 11) is 0. The van der Waals surface area contributed by atoms with Crippen LogP contribution in [0.15, 0.2) is 42.5 Å². The van der Waals surface area contributed by atoms with Gasteiger partial charge in [0.15, 0.2) is 0 Å². The number of rotatable bonds is 5. The molecule has 4 nitrogen and oxygen atoms in total. The molecule has 0 heterocycles. The van der Waals surface area contributed by atoms with Crippen molar-refractivity contribution in [2.75, 3.05) is 10.6 Å². The third kappa shape index (κ3) is 5.10. The van der Waals surface area contributed by atoms with Crippen LogP contribution in [0.4, 0.5) is 11.4 Å². The highest BCUT2D eigenvalue weighted by atomic mass is 35.5. The van der Waals surface area contributed by atoms with Gasteiger partial charge in [-0.05, 0) is 42.3 Å². The molecule has 0 unspecified atom stereocenters. The fourth-order valence-corrected chi connectivity index (χ4v) is 2.23. The molecular formula is C19H21ClN2O2. The average Bonchev–Trinajstić information content (AvgIpc) is 2.52. The Morgan fingerprint density at radius 2 is 1.71 bits per heavy atom. The summed E-state index contributed by atoms with van der Waals surface area (Å²) in [6.45, 7) is 5.57. The van der Waals surface area contributed by atoms with Gasteiger partial charge in [-0.3, -0.25) is 9.59 Å². The van der Waals surface area contributed by atoms with Gasteiger partial charge in [0.05, 0.1) is 6.42 Å². The van der Waals surface area contributed by atoms with Crippen LogP contribution in [-0.2, 0) is 16.0 Å². The van der Waals surface area contributed by atoms with Crippen LogP contribution in [0.5, 0.6) is 0 Å². The number of anilines is 2. The van der Waals surface area contributed by atoms with E-state index in [1.807, 2.05) is 45.0 Å². The highest BCUT2D eigenvalue weighted by molar-refractivity contribution is 6.30. The van der Waals surface area contributed by atoms with Crippen LogP contribution in [0.1, 0.15) is 25.0 Å². The molecule has 0 radical (unpaired) electrons. The zero-order valence-corrected chi connectivity index (χ0v) is 14.8. The number of hydrogen-bond acceptors (Lipinski definition) is 2. The van der Waals surface area contributed by atoms with E-state index in [4.69, 9.17) is 11.6 Å². The summed E-state index contributed by atoms with van der Waals surface area (Å²) >= 11 is 5.84. The summed E-state index contributed by atoms with van der Waals surface area (Å²) in [4.78, 5) is 24.0. The Hall–Kier alpha value is -2.33. The Labute approximate surface area is 147 Å². The number of hydrogen-bond donors (Lipinski definition) is 2. The second kappa shape index (κ2) is 7.97. The van der Waals surface area contributed by atoms with E-state index in [2.05, 4.69) is 10.6 Å². The molecule has 2 N–H and O–H groups in total. The smallest absolute Gasteiger partial charge is 0.228 e. The standard InChI is InChI=1S/C19H21ClN2O2/c1-12(2)19(24)21-16-9-4-13(3)17(11-16)22-18(23)10-14-5-7-15(20)8-6-14/h4-9,11-12H,10H2,1-3H3,(H,21,24)(H,22,23). The van der Waals surface area contributed by atoms with E-state index in [0.717, 1.165) is 11.1 Å². The van der Waals surface area contributed by atoms with E-state index in [9.17, 15) is 9.59 Å². The van der Waals surface area contributed by atoms with Crippen molar-refractivity contribution in [2.24, 2.45) is 5.92 Å². The molecule has 126 valence electrons. The van der Waals surface area contributed by atoms with Crippen molar-refractivity contribution in [3.8, 4) is 0 Å². The molecule has 24 heavy (non-hydrogen) atoms. The van der Waals surface area contributed by atoms with Gasteiger partial charge in [-0.2, -0.15) is 0 Å². The zero-order valence-electron chi connectivity index (χ0n) is 14.0. The molecular weight excluding hydrogens is 324 g/mol. The number of benzene rings is 2. The van der Waals surface area contributed by atoms with Gasteiger partial charge in [0.25, 0.3) is 0 Å². The van der Waals surface area contributed by atoms with Crippen molar-refractivity contribution in [1.29, 1.82) is 0 Å². The maximum atomic E-state index is 12.2. The fourth-order valence-electron chi connectivity index (χ4n) is 2.10. The number of carbonyl (C=O) groups excluding carboxylic acids is 2. The third-order valence-corrected chi connectivity index (χ3v) is 3.83. The summed E-state index contributed by atoms with van der Waals surface area (Å²) in [5.41, 5.74) is 3.18. The molecule has 0 saturated heterocycles. The van der Waals surface area contributed by atoms with Gasteiger partial charge in [-0.25, -0.2) is 0 Å². The van der Waals surface area contributed by atoms with Crippen LogP contribution in [-0.4, -0.2) is 11.8 Å². The zero-order chi connectivity index (χ0) is 17.7. The lowest BCUT2D eigenvalue weighted by Crippen LogP contribution is -2.18. The van der Waals surface area contributed by atoms with E-state index in [1.165, 1.54) is 0 Å². The summed E-state index contributed by atoms with van der Waals surface area (Å²) in [5.74, 6) is -0.278. The predicted molar refractivity (Wildman–Crippen MR) is 98.4 cm³/mol. The predicted octanol–water partition coefficient (Wildman–Crippen LogP) is 4.42. The van der Waals surface area contributed by atoms with E-state index in [0.29, 0.717) is 16.4 Å². The summed E-state index contributed by atoms with van der Waals surface area (Å²) in [5, 5.41) is 6.37. The molecule has 0 fully saturated rings. The summed E-state index contributed by atoms with van der Waals surface area (Å²) in [6, 6.07) is 12.6. The number of halogens is 1. The van der Waals surface area contributed by atoms with E-state index in [1.54, 1.807) is 18.2 Å². The molecule has 0 atom stereocenters. The molecule has 2 rings (SSSR count). The number of nitrogens with one attached hydrogen (secondary N) is 2. The van der Waals surface area contributed by atoms with Gasteiger partial charge >= 0.3 is 0 Å². The minimum Gasteiger partial charge on any atom is -0.326 e. The van der Waals surface area contributed by atoms with Gasteiger partial charge in [0, 0.05) is 22.3 Å². The second-order valence-corrected chi connectivity index (χ2v) is 6.46. The van der Waals surface area contributed by atoms with E-state index < -0.39 is 0 Å². The summed E-state index contributed by atoms with van der Waals surface area (Å²) in [6.07, 6.45) is 0.263. The van der Waals surface area contributed by atoms with Crippen LogP contribution < -0.4 is 10.6 Å². The first kappa shape index (κ1) is 18.0. The molecule has 2 amide bonds. The molecule has 0 aromatic heterocycles. The highest BCUT2D eigenvalue weighted by Gasteiger charge is 2.10. The first-order chi connectivity index (χ1) is 11.3. The molecule has 0 aliphatic rings. The van der Waals surface area contributed by atoms with Crippen molar-refractivity contribution in [2.45, 2.75) is 27.2 Å². The van der Waals surface area contributed by atoms with Crippen LogP contribution >= 0.6 is 11.6 Å². The normalized spacial score (nSPS) is 10.5. The van der Waals surface area contributed by atoms with Crippen molar-refractivity contribution < 1.29 is 9.59 Å². The fraction of sp³-hybridized carbons (Fsp3) is 0.263. The van der Waals surface area contributed by atoms with Gasteiger partial charge in [0.2, 0.25) is 11.8 Å². The lowest BCUT2D eigenvalue weighted by Gasteiger charge is -2.12. The Bertz CT molecular complexity index is 740. The van der Waals surface area contributed by atoms with Crippen molar-refractivity contribution >= 4 is 34.8 Å². The molecule has 0 bridgehead atoms. The van der Waals surface area contributed by atoms with Crippen LogP contribution in [0.25, 0.3) is 0 Å².